The molecule has 0 spiro atoms. The van der Waals surface area contributed by atoms with Crippen molar-refractivity contribution >= 4 is 21.4 Å². The third kappa shape index (κ3) is 3.24. The highest BCUT2D eigenvalue weighted by Gasteiger charge is 2.27. The molecule has 2 atom stereocenters. The smallest absolute Gasteiger partial charge is 0.151 e. The van der Waals surface area contributed by atoms with Crippen molar-refractivity contribution < 1.29 is 8.42 Å². The number of likely N-dealkylation sites (N-methyl/N-ethyl adjacent to an activating group) is 1. The van der Waals surface area contributed by atoms with E-state index in [-0.39, 0.29) is 6.04 Å². The Morgan fingerprint density at radius 2 is 2.06 bits per heavy atom. The largest absolute Gasteiger partial charge is 0.315 e. The van der Waals surface area contributed by atoms with Gasteiger partial charge in [-0.25, -0.2) is 8.42 Å². The molecule has 0 radical (unpaired) electrons. The van der Waals surface area contributed by atoms with Gasteiger partial charge in [0.25, 0.3) is 0 Å². The van der Waals surface area contributed by atoms with Gasteiger partial charge in [-0.3, -0.25) is 4.68 Å². The quantitative estimate of drug-likeness (QED) is 0.878. The number of nitrogens with one attached hydrogen (secondary N) is 1. The van der Waals surface area contributed by atoms with E-state index in [4.69, 9.17) is 11.6 Å². The van der Waals surface area contributed by atoms with Crippen LogP contribution in [-0.4, -0.2) is 42.8 Å². The fraction of sp³-hybridized carbons (Fsp3) is 0.727. The van der Waals surface area contributed by atoms with E-state index in [1.54, 1.807) is 25.7 Å². The summed E-state index contributed by atoms with van der Waals surface area (Å²) >= 11 is 6.16. The number of aromatic nitrogens is 2. The highest BCUT2D eigenvalue weighted by atomic mass is 35.5. The van der Waals surface area contributed by atoms with Gasteiger partial charge >= 0.3 is 0 Å². The van der Waals surface area contributed by atoms with Crippen molar-refractivity contribution in [2.45, 2.75) is 31.6 Å². The first-order valence-corrected chi connectivity index (χ1v) is 8.05. The molecule has 7 heteroatoms. The van der Waals surface area contributed by atoms with Gasteiger partial charge in [0, 0.05) is 24.9 Å². The fourth-order valence-electron chi connectivity index (χ4n) is 1.93. The van der Waals surface area contributed by atoms with Crippen LogP contribution in [0.3, 0.4) is 0 Å². The maximum atomic E-state index is 11.6. The second-order valence-electron chi connectivity index (χ2n) is 4.61. The summed E-state index contributed by atoms with van der Waals surface area (Å²) in [6, 6.07) is -0.180. The SMILES string of the molecule is CNC(Cc1c(C)nn(C)c1Cl)C(C)S(C)(=O)=O. The van der Waals surface area contributed by atoms with E-state index < -0.39 is 15.1 Å². The number of halogens is 1. The molecular formula is C11H20ClN3O2S. The Morgan fingerprint density at radius 1 is 1.50 bits per heavy atom. The van der Waals surface area contributed by atoms with Gasteiger partial charge in [0.05, 0.1) is 10.9 Å². The van der Waals surface area contributed by atoms with E-state index in [2.05, 4.69) is 10.4 Å². The summed E-state index contributed by atoms with van der Waals surface area (Å²) in [7, 11) is 0.441. The molecule has 1 aromatic heterocycles. The molecule has 0 fully saturated rings. The summed E-state index contributed by atoms with van der Waals surface area (Å²) < 4.78 is 24.8. The molecule has 0 aromatic carbocycles. The van der Waals surface area contributed by atoms with Gasteiger partial charge in [-0.1, -0.05) is 11.6 Å². The molecule has 0 saturated heterocycles. The van der Waals surface area contributed by atoms with Crippen LogP contribution in [0.25, 0.3) is 0 Å². The molecule has 0 aliphatic carbocycles. The lowest BCUT2D eigenvalue weighted by atomic mass is 10.0. The Bertz CT molecular complexity index is 525. The third-order valence-corrected chi connectivity index (χ3v) is 5.46. The molecule has 1 rings (SSSR count). The van der Waals surface area contributed by atoms with Gasteiger partial charge in [-0.05, 0) is 27.3 Å². The zero-order chi connectivity index (χ0) is 14.1. The van der Waals surface area contributed by atoms with Crippen LogP contribution < -0.4 is 5.32 Å². The number of aryl methyl sites for hydroxylation is 2. The normalized spacial score (nSPS) is 15.7. The summed E-state index contributed by atoms with van der Waals surface area (Å²) in [5.74, 6) is 0. The summed E-state index contributed by atoms with van der Waals surface area (Å²) in [6.07, 6.45) is 1.79. The predicted molar refractivity (Wildman–Crippen MR) is 73.8 cm³/mol. The van der Waals surface area contributed by atoms with Crippen LogP contribution in [0, 0.1) is 6.92 Å². The average Bonchev–Trinajstić information content (AvgIpc) is 2.49. The van der Waals surface area contributed by atoms with Crippen molar-refractivity contribution in [3.05, 3.63) is 16.4 Å². The molecule has 1 aromatic rings. The summed E-state index contributed by atoms with van der Waals surface area (Å²) in [5, 5.41) is 7.36. The van der Waals surface area contributed by atoms with Gasteiger partial charge in [-0.2, -0.15) is 5.10 Å². The number of hydrogen-bond donors (Lipinski definition) is 1. The Hall–Kier alpha value is -0.590. The minimum absolute atomic E-state index is 0.180. The second-order valence-corrected chi connectivity index (χ2v) is 7.37. The van der Waals surface area contributed by atoms with Gasteiger partial charge in [0.15, 0.2) is 9.84 Å². The number of hydrogen-bond acceptors (Lipinski definition) is 4. The van der Waals surface area contributed by atoms with Crippen molar-refractivity contribution in [3.8, 4) is 0 Å². The summed E-state index contributed by atoms with van der Waals surface area (Å²) in [4.78, 5) is 0. The lowest BCUT2D eigenvalue weighted by Crippen LogP contribution is -2.42. The fourth-order valence-corrected chi connectivity index (χ4v) is 3.01. The number of nitrogens with zero attached hydrogens (tertiary/aromatic N) is 2. The molecule has 5 nitrogen and oxygen atoms in total. The van der Waals surface area contributed by atoms with E-state index in [1.807, 2.05) is 6.92 Å². The van der Waals surface area contributed by atoms with E-state index >= 15 is 0 Å². The monoisotopic (exact) mass is 293 g/mol. The highest BCUT2D eigenvalue weighted by molar-refractivity contribution is 7.91. The topological polar surface area (TPSA) is 64.0 Å². The number of sulfone groups is 1. The zero-order valence-electron chi connectivity index (χ0n) is 11.4. The minimum Gasteiger partial charge on any atom is -0.315 e. The molecular weight excluding hydrogens is 274 g/mol. The Morgan fingerprint density at radius 3 is 2.39 bits per heavy atom. The van der Waals surface area contributed by atoms with E-state index in [0.717, 1.165) is 11.3 Å². The first-order chi connectivity index (χ1) is 8.18. The van der Waals surface area contributed by atoms with Crippen molar-refractivity contribution in [2.75, 3.05) is 13.3 Å². The number of rotatable bonds is 5. The van der Waals surface area contributed by atoms with Gasteiger partial charge in [-0.15, -0.1) is 0 Å². The van der Waals surface area contributed by atoms with Crippen molar-refractivity contribution in [2.24, 2.45) is 7.05 Å². The molecule has 18 heavy (non-hydrogen) atoms. The Balaban J connectivity index is 3.00. The molecule has 1 N–H and O–H groups in total. The van der Waals surface area contributed by atoms with Gasteiger partial charge in [0.2, 0.25) is 0 Å². The van der Waals surface area contributed by atoms with Crippen LogP contribution in [0.15, 0.2) is 0 Å². The third-order valence-electron chi connectivity index (χ3n) is 3.31. The van der Waals surface area contributed by atoms with Crippen molar-refractivity contribution in [3.63, 3.8) is 0 Å². The maximum Gasteiger partial charge on any atom is 0.151 e. The first kappa shape index (κ1) is 15.5. The van der Waals surface area contributed by atoms with Crippen LogP contribution in [0.5, 0.6) is 0 Å². The average molecular weight is 294 g/mol. The molecule has 0 aliphatic heterocycles. The van der Waals surface area contributed by atoms with E-state index in [1.165, 1.54) is 6.26 Å². The lowest BCUT2D eigenvalue weighted by Gasteiger charge is -2.22. The van der Waals surface area contributed by atoms with Crippen molar-refractivity contribution in [1.29, 1.82) is 0 Å². The van der Waals surface area contributed by atoms with Gasteiger partial charge in [0.1, 0.15) is 5.15 Å². The highest BCUT2D eigenvalue weighted by Crippen LogP contribution is 2.22. The zero-order valence-corrected chi connectivity index (χ0v) is 12.9. The minimum atomic E-state index is -3.09. The van der Waals surface area contributed by atoms with Gasteiger partial charge < -0.3 is 5.32 Å². The molecule has 2 unspecified atom stereocenters. The van der Waals surface area contributed by atoms with Crippen LogP contribution in [-0.2, 0) is 23.3 Å². The van der Waals surface area contributed by atoms with Crippen LogP contribution in [0.2, 0.25) is 5.15 Å². The van der Waals surface area contributed by atoms with Crippen LogP contribution in [0.1, 0.15) is 18.2 Å². The Labute approximate surface area is 113 Å². The lowest BCUT2D eigenvalue weighted by molar-refractivity contribution is 0.516. The molecule has 0 amide bonds. The Kier molecular flexibility index (Phi) is 4.80. The van der Waals surface area contributed by atoms with E-state index in [0.29, 0.717) is 11.6 Å². The standard InChI is InChI=1S/C11H20ClN3O2S/c1-7-9(11(12)15(4)14-7)6-10(13-3)8(2)18(5,16)17/h8,10,13H,6H2,1-5H3. The summed E-state index contributed by atoms with van der Waals surface area (Å²) in [6.45, 7) is 3.58. The first-order valence-electron chi connectivity index (χ1n) is 5.72. The molecule has 1 heterocycles. The molecule has 0 saturated carbocycles. The van der Waals surface area contributed by atoms with E-state index in [9.17, 15) is 8.42 Å². The molecule has 0 aliphatic rings. The molecule has 104 valence electrons. The second kappa shape index (κ2) is 5.59. The molecule has 0 bridgehead atoms. The maximum absolute atomic E-state index is 11.6. The summed E-state index contributed by atoms with van der Waals surface area (Å²) in [5.41, 5.74) is 1.73. The predicted octanol–water partition coefficient (Wildman–Crippen LogP) is 0.946. The van der Waals surface area contributed by atoms with Crippen LogP contribution in [0.4, 0.5) is 0 Å². The van der Waals surface area contributed by atoms with Crippen molar-refractivity contribution in [1.82, 2.24) is 15.1 Å². The van der Waals surface area contributed by atoms with Crippen LogP contribution >= 0.6 is 11.6 Å².